The summed E-state index contributed by atoms with van der Waals surface area (Å²) in [5.41, 5.74) is 3.98. The first-order chi connectivity index (χ1) is 9.99. The molecule has 21 heavy (non-hydrogen) atoms. The third kappa shape index (κ3) is 3.92. The van der Waals surface area contributed by atoms with E-state index in [1.807, 2.05) is 63.2 Å². The molecule has 1 unspecified atom stereocenters. The number of rotatable bonds is 5. The molecule has 0 saturated carbocycles. The van der Waals surface area contributed by atoms with Crippen molar-refractivity contribution < 1.29 is 9.36 Å². The first-order valence-electron chi connectivity index (χ1n) is 7.18. The number of carbonyl (C=O) groups excluding carboxylic acids is 1. The summed E-state index contributed by atoms with van der Waals surface area (Å²) >= 11 is 0. The average molecular weight is 300 g/mol. The van der Waals surface area contributed by atoms with E-state index in [1.54, 1.807) is 0 Å². The van der Waals surface area contributed by atoms with E-state index < -0.39 is 7.80 Å². The van der Waals surface area contributed by atoms with Crippen molar-refractivity contribution in [1.82, 2.24) is 0 Å². The van der Waals surface area contributed by atoms with Gasteiger partial charge in [0, 0.05) is 23.5 Å². The minimum absolute atomic E-state index is 0.0966. The van der Waals surface area contributed by atoms with Crippen molar-refractivity contribution in [2.45, 2.75) is 27.2 Å². The third-order valence-electron chi connectivity index (χ3n) is 3.63. The van der Waals surface area contributed by atoms with Crippen LogP contribution < -0.4 is 5.30 Å². The summed E-state index contributed by atoms with van der Waals surface area (Å²) < 4.78 is 12.2. The van der Waals surface area contributed by atoms with E-state index >= 15 is 0 Å². The minimum Gasteiger partial charge on any atom is -0.322 e. The van der Waals surface area contributed by atoms with E-state index in [1.165, 1.54) is 5.56 Å². The van der Waals surface area contributed by atoms with Gasteiger partial charge in [-0.2, -0.15) is 0 Å². The number of Topliss-reactive ketones (excluding diaryl/α,β-unsaturated/α-hetero) is 1. The summed E-state index contributed by atoms with van der Waals surface area (Å²) in [4.78, 5) is 12.4. The van der Waals surface area contributed by atoms with Crippen LogP contribution in [0.15, 0.2) is 42.5 Å². The van der Waals surface area contributed by atoms with Crippen molar-refractivity contribution in [2.24, 2.45) is 0 Å². The van der Waals surface area contributed by atoms with Gasteiger partial charge in [0.2, 0.25) is 0 Å². The number of aryl methyl sites for hydroxylation is 3. The average Bonchev–Trinajstić information content (AvgIpc) is 2.44. The Hall–Kier alpha value is -1.66. The highest BCUT2D eigenvalue weighted by molar-refractivity contribution is 7.53. The van der Waals surface area contributed by atoms with Gasteiger partial charge < -0.3 is 4.57 Å². The van der Waals surface area contributed by atoms with Gasteiger partial charge in [-0.25, -0.2) is 0 Å². The zero-order chi connectivity index (χ0) is 15.4. The third-order valence-corrected chi connectivity index (χ3v) is 5.31. The lowest BCUT2D eigenvalue weighted by molar-refractivity contribution is 0.0988. The summed E-state index contributed by atoms with van der Waals surface area (Å²) in [5.74, 6) is 0.0966. The zero-order valence-corrected chi connectivity index (χ0v) is 13.8. The van der Waals surface area contributed by atoms with E-state index in [4.69, 9.17) is 0 Å². The van der Waals surface area contributed by atoms with E-state index in [2.05, 4.69) is 0 Å². The van der Waals surface area contributed by atoms with E-state index in [-0.39, 0.29) is 5.78 Å². The predicted molar refractivity (Wildman–Crippen MR) is 89.5 cm³/mol. The van der Waals surface area contributed by atoms with E-state index in [9.17, 15) is 9.36 Å². The largest absolute Gasteiger partial charge is 0.322 e. The Kier molecular flexibility index (Phi) is 5.14. The van der Waals surface area contributed by atoms with Gasteiger partial charge in [0.1, 0.15) is 7.80 Å². The van der Waals surface area contributed by atoms with E-state index in [0.29, 0.717) is 12.6 Å². The zero-order valence-electron chi connectivity index (χ0n) is 12.8. The lowest BCUT2D eigenvalue weighted by Crippen LogP contribution is -2.08. The first kappa shape index (κ1) is 15.7. The van der Waals surface area contributed by atoms with Gasteiger partial charge in [-0.05, 0) is 31.9 Å². The topological polar surface area (TPSA) is 34.1 Å². The highest BCUT2D eigenvalue weighted by atomic mass is 31.1. The molecule has 0 spiro atoms. The molecule has 0 aromatic heterocycles. The Morgan fingerprint density at radius 1 is 1.00 bits per heavy atom. The Morgan fingerprint density at radius 3 is 2.14 bits per heavy atom. The van der Waals surface area contributed by atoms with Crippen LogP contribution in [0.3, 0.4) is 0 Å². The van der Waals surface area contributed by atoms with Gasteiger partial charge in [-0.1, -0.05) is 48.0 Å². The molecule has 0 amide bonds. The molecule has 0 N–H and O–H groups in total. The first-order valence-corrected chi connectivity index (χ1v) is 8.80. The highest BCUT2D eigenvalue weighted by Gasteiger charge is 2.14. The SMILES string of the molecule is Cc1cc(C)c(C(=O)CC[PH](=O)c2ccccc2)c(C)c1. The standard InChI is InChI=1S/C18H21O2P/c1-13-11-14(2)18(15(3)12-13)17(19)9-10-21(20)16-7-5-4-6-8-16/h4-8,11-12,21H,9-10H2,1-3H3. The van der Waals surface area contributed by atoms with Gasteiger partial charge in [-0.15, -0.1) is 0 Å². The fraction of sp³-hybridized carbons (Fsp3) is 0.278. The molecule has 0 aliphatic heterocycles. The molecule has 0 heterocycles. The van der Waals surface area contributed by atoms with Crippen LogP contribution in [0, 0.1) is 20.8 Å². The molecule has 0 aliphatic rings. The lowest BCUT2D eigenvalue weighted by atomic mass is 9.96. The molecule has 110 valence electrons. The second-order valence-electron chi connectivity index (χ2n) is 5.49. The summed E-state index contributed by atoms with van der Waals surface area (Å²) in [6.07, 6.45) is 0.789. The summed E-state index contributed by atoms with van der Waals surface area (Å²) in [7, 11) is -1.87. The number of hydrogen-bond donors (Lipinski definition) is 0. The quantitative estimate of drug-likeness (QED) is 0.616. The van der Waals surface area contributed by atoms with Crippen molar-refractivity contribution in [3.05, 3.63) is 64.7 Å². The molecule has 2 aromatic carbocycles. The molecule has 0 aliphatic carbocycles. The molecule has 2 aromatic rings. The predicted octanol–water partition coefficient (Wildman–Crippen LogP) is 4.07. The normalized spacial score (nSPS) is 12.1. The molecule has 3 heteroatoms. The van der Waals surface area contributed by atoms with Gasteiger partial charge in [0.05, 0.1) is 0 Å². The van der Waals surface area contributed by atoms with Crippen molar-refractivity contribution in [1.29, 1.82) is 0 Å². The van der Waals surface area contributed by atoms with Crippen LogP contribution in [-0.4, -0.2) is 11.9 Å². The summed E-state index contributed by atoms with van der Waals surface area (Å²) in [6.45, 7) is 5.96. The molecule has 0 bridgehead atoms. The maximum Gasteiger partial charge on any atom is 0.163 e. The molecule has 0 radical (unpaired) electrons. The Bertz CT molecular complexity index is 652. The smallest absolute Gasteiger partial charge is 0.163 e. The fourth-order valence-corrected chi connectivity index (χ4v) is 4.05. The summed E-state index contributed by atoms with van der Waals surface area (Å²) in [6, 6.07) is 13.5. The fourth-order valence-electron chi connectivity index (χ4n) is 2.74. The number of benzene rings is 2. The molecule has 0 saturated heterocycles. The highest BCUT2D eigenvalue weighted by Crippen LogP contribution is 2.24. The van der Waals surface area contributed by atoms with Crippen LogP contribution in [0.1, 0.15) is 33.5 Å². The molecule has 1 atom stereocenters. The van der Waals surface area contributed by atoms with Crippen molar-refractivity contribution in [2.75, 3.05) is 6.16 Å². The monoisotopic (exact) mass is 300 g/mol. The molecule has 2 nitrogen and oxygen atoms in total. The molecular weight excluding hydrogens is 279 g/mol. The lowest BCUT2D eigenvalue weighted by Gasteiger charge is -2.10. The van der Waals surface area contributed by atoms with Crippen LogP contribution in [0.4, 0.5) is 0 Å². The number of ketones is 1. The number of carbonyl (C=O) groups is 1. The second kappa shape index (κ2) is 6.87. The Labute approximate surface area is 127 Å². The van der Waals surface area contributed by atoms with Gasteiger partial charge >= 0.3 is 0 Å². The van der Waals surface area contributed by atoms with Gasteiger partial charge in [-0.3, -0.25) is 4.79 Å². The van der Waals surface area contributed by atoms with Gasteiger partial charge in [0.15, 0.2) is 5.78 Å². The number of hydrogen-bond acceptors (Lipinski definition) is 2. The minimum atomic E-state index is -1.87. The molecule has 0 fully saturated rings. The van der Waals surface area contributed by atoms with Crippen LogP contribution in [-0.2, 0) is 4.57 Å². The molecule has 2 rings (SSSR count). The summed E-state index contributed by atoms with van der Waals surface area (Å²) in [5, 5.41) is 0.854. The maximum atomic E-state index is 12.4. The van der Waals surface area contributed by atoms with Crippen molar-refractivity contribution in [3.63, 3.8) is 0 Å². The van der Waals surface area contributed by atoms with Crippen LogP contribution in [0.5, 0.6) is 0 Å². The van der Waals surface area contributed by atoms with Crippen LogP contribution >= 0.6 is 7.80 Å². The van der Waals surface area contributed by atoms with Gasteiger partial charge in [0.25, 0.3) is 0 Å². The molecular formula is C18H21O2P. The Morgan fingerprint density at radius 2 is 1.57 bits per heavy atom. The Balaban J connectivity index is 2.08. The van der Waals surface area contributed by atoms with Crippen LogP contribution in [0.25, 0.3) is 0 Å². The second-order valence-corrected chi connectivity index (χ2v) is 7.41. The van der Waals surface area contributed by atoms with Crippen molar-refractivity contribution in [3.8, 4) is 0 Å². The van der Waals surface area contributed by atoms with Crippen molar-refractivity contribution >= 4 is 18.9 Å². The maximum absolute atomic E-state index is 12.4. The van der Waals surface area contributed by atoms with Crippen LogP contribution in [0.2, 0.25) is 0 Å². The van der Waals surface area contributed by atoms with E-state index in [0.717, 1.165) is 22.0 Å².